The van der Waals surface area contributed by atoms with Crippen LogP contribution in [-0.4, -0.2) is 41.6 Å². The lowest BCUT2D eigenvalue weighted by atomic mass is 10.1. The third-order valence-corrected chi connectivity index (χ3v) is 6.67. The van der Waals surface area contributed by atoms with Gasteiger partial charge in [-0.15, -0.1) is 0 Å². The molecule has 1 unspecified atom stereocenters. The molecule has 3 rings (SSSR count). The molecule has 1 aliphatic heterocycles. The number of halogens is 1. The van der Waals surface area contributed by atoms with E-state index in [0.29, 0.717) is 18.7 Å². The van der Waals surface area contributed by atoms with Gasteiger partial charge < -0.3 is 15.0 Å². The van der Waals surface area contributed by atoms with Gasteiger partial charge in [0.1, 0.15) is 22.4 Å². The second-order valence-electron chi connectivity index (χ2n) is 7.19. The van der Waals surface area contributed by atoms with Crippen molar-refractivity contribution in [1.29, 1.82) is 5.26 Å². The summed E-state index contributed by atoms with van der Waals surface area (Å²) in [4.78, 5) is 16.5. The monoisotopic (exact) mass is 435 g/mol. The molecule has 0 radical (unpaired) electrons. The second-order valence-corrected chi connectivity index (χ2v) is 8.84. The van der Waals surface area contributed by atoms with Crippen molar-refractivity contribution in [2.75, 3.05) is 11.9 Å². The number of aliphatic hydroxyl groups is 1. The Bertz CT molecular complexity index is 1140. The van der Waals surface area contributed by atoms with Crippen molar-refractivity contribution >= 4 is 21.6 Å². The first-order valence-corrected chi connectivity index (χ1v) is 10.9. The molecular weight excluding hydrogens is 413 g/mol. The topological polar surface area (TPSA) is 137 Å². The Morgan fingerprint density at radius 3 is 2.83 bits per heavy atom. The number of anilines is 1. The highest BCUT2D eigenvalue weighted by atomic mass is 32.2. The van der Waals surface area contributed by atoms with Gasteiger partial charge in [0.05, 0.1) is 6.61 Å². The van der Waals surface area contributed by atoms with E-state index in [1.165, 1.54) is 13.0 Å². The van der Waals surface area contributed by atoms with Crippen LogP contribution in [0.4, 0.5) is 10.1 Å². The fourth-order valence-corrected chi connectivity index (χ4v) is 5.41. The zero-order valence-electron chi connectivity index (χ0n) is 16.6. The molecule has 1 aliphatic rings. The largest absolute Gasteiger partial charge is 0.395 e. The zero-order valence-corrected chi connectivity index (χ0v) is 17.4. The molecule has 0 spiro atoms. The third kappa shape index (κ3) is 4.21. The number of fused-ring (bicyclic) bond motifs is 1. The fourth-order valence-electron chi connectivity index (χ4n) is 3.67. The van der Waals surface area contributed by atoms with E-state index in [1.54, 1.807) is 17.6 Å². The molecule has 30 heavy (non-hydrogen) atoms. The molecule has 2 aromatic rings. The highest BCUT2D eigenvalue weighted by Crippen LogP contribution is 2.32. The van der Waals surface area contributed by atoms with Gasteiger partial charge in [0, 0.05) is 35.6 Å². The standard InChI is InChI=1S/C19H22FN5O4S/c1-11(10-26)24-30(28,29)18-12(2)17(25-6-4-3-5-15(18)25)19(27)23-13-7-14(9-21)22-16(20)8-13/h7-8,11,24,26H,3-6,10H2,1-2H3,(H,22,23,27). The number of pyridine rings is 1. The Labute approximate surface area is 173 Å². The molecule has 11 heteroatoms. The minimum absolute atomic E-state index is 0.0336. The average Bonchev–Trinajstić information content (AvgIpc) is 2.99. The predicted molar refractivity (Wildman–Crippen MR) is 106 cm³/mol. The minimum Gasteiger partial charge on any atom is -0.395 e. The second kappa shape index (κ2) is 8.51. The minimum atomic E-state index is -3.97. The lowest BCUT2D eigenvalue weighted by Gasteiger charge is -2.19. The van der Waals surface area contributed by atoms with Crippen LogP contribution < -0.4 is 10.0 Å². The Balaban J connectivity index is 2.06. The molecule has 0 aromatic carbocycles. The van der Waals surface area contributed by atoms with Crippen LogP contribution in [-0.2, 0) is 23.0 Å². The number of sulfonamides is 1. The maximum atomic E-state index is 13.6. The number of nitriles is 1. The van der Waals surface area contributed by atoms with Crippen molar-refractivity contribution in [3.05, 3.63) is 40.7 Å². The fraction of sp³-hybridized carbons (Fsp3) is 0.421. The molecule has 9 nitrogen and oxygen atoms in total. The predicted octanol–water partition coefficient (Wildman–Crippen LogP) is 1.45. The van der Waals surface area contributed by atoms with E-state index in [1.807, 2.05) is 0 Å². The van der Waals surface area contributed by atoms with Crippen LogP contribution in [0.25, 0.3) is 0 Å². The number of aromatic nitrogens is 2. The summed E-state index contributed by atoms with van der Waals surface area (Å²) in [5, 5.41) is 20.7. The normalized spacial score (nSPS) is 14.6. The van der Waals surface area contributed by atoms with Crippen molar-refractivity contribution in [2.45, 2.75) is 50.6 Å². The highest BCUT2D eigenvalue weighted by Gasteiger charge is 2.33. The Hall–Kier alpha value is -2.81. The smallest absolute Gasteiger partial charge is 0.272 e. The SMILES string of the molecule is Cc1c(S(=O)(=O)NC(C)CO)c2n(c1C(=O)Nc1cc(F)nc(C#N)c1)CCCC2. The number of rotatable bonds is 6. The summed E-state index contributed by atoms with van der Waals surface area (Å²) in [6, 6.07) is 3.25. The first-order valence-electron chi connectivity index (χ1n) is 9.42. The van der Waals surface area contributed by atoms with Gasteiger partial charge in [0.15, 0.2) is 0 Å². The number of hydrogen-bond donors (Lipinski definition) is 3. The molecule has 0 aliphatic carbocycles. The summed E-state index contributed by atoms with van der Waals surface area (Å²) >= 11 is 0. The van der Waals surface area contributed by atoms with Crippen molar-refractivity contribution in [2.24, 2.45) is 0 Å². The molecule has 0 bridgehead atoms. The van der Waals surface area contributed by atoms with E-state index in [-0.39, 0.29) is 34.1 Å². The zero-order chi connectivity index (χ0) is 22.1. The number of nitrogens with zero attached hydrogens (tertiary/aromatic N) is 3. The van der Waals surface area contributed by atoms with Gasteiger partial charge >= 0.3 is 0 Å². The number of carbonyl (C=O) groups is 1. The quantitative estimate of drug-likeness (QED) is 0.588. The molecule has 160 valence electrons. The van der Waals surface area contributed by atoms with E-state index in [4.69, 9.17) is 5.26 Å². The van der Waals surface area contributed by atoms with E-state index in [9.17, 15) is 22.7 Å². The summed E-state index contributed by atoms with van der Waals surface area (Å²) in [6.45, 7) is 3.19. The Kier molecular flexibility index (Phi) is 6.21. The summed E-state index contributed by atoms with van der Waals surface area (Å²) in [5.41, 5.74) is 0.825. The lowest BCUT2D eigenvalue weighted by molar-refractivity contribution is 0.101. The van der Waals surface area contributed by atoms with Crippen molar-refractivity contribution in [3.63, 3.8) is 0 Å². The summed E-state index contributed by atoms with van der Waals surface area (Å²) in [6.07, 6.45) is 2.05. The van der Waals surface area contributed by atoms with E-state index < -0.39 is 27.9 Å². The first kappa shape index (κ1) is 21.9. The van der Waals surface area contributed by atoms with Gasteiger partial charge in [-0.3, -0.25) is 4.79 Å². The number of carbonyl (C=O) groups excluding carboxylic acids is 1. The number of hydrogen-bond acceptors (Lipinski definition) is 6. The van der Waals surface area contributed by atoms with Crippen LogP contribution >= 0.6 is 0 Å². The van der Waals surface area contributed by atoms with Crippen molar-refractivity contribution < 1.29 is 22.7 Å². The van der Waals surface area contributed by atoms with Gasteiger partial charge in [-0.25, -0.2) is 18.1 Å². The summed E-state index contributed by atoms with van der Waals surface area (Å²) in [7, 11) is -3.97. The van der Waals surface area contributed by atoms with Gasteiger partial charge in [-0.05, 0) is 39.2 Å². The Morgan fingerprint density at radius 1 is 1.43 bits per heavy atom. The summed E-state index contributed by atoms with van der Waals surface area (Å²) < 4.78 is 43.6. The molecule has 0 saturated carbocycles. The van der Waals surface area contributed by atoms with E-state index >= 15 is 0 Å². The van der Waals surface area contributed by atoms with Gasteiger partial charge in [0.2, 0.25) is 16.0 Å². The number of aliphatic hydroxyl groups excluding tert-OH is 1. The Morgan fingerprint density at radius 2 is 2.17 bits per heavy atom. The van der Waals surface area contributed by atoms with E-state index in [2.05, 4.69) is 15.0 Å². The molecule has 1 amide bonds. The molecule has 0 fully saturated rings. The lowest BCUT2D eigenvalue weighted by Crippen LogP contribution is -2.35. The third-order valence-electron chi connectivity index (χ3n) is 4.88. The van der Waals surface area contributed by atoms with Gasteiger partial charge in [-0.2, -0.15) is 9.65 Å². The van der Waals surface area contributed by atoms with Crippen LogP contribution in [0.1, 0.15) is 47.2 Å². The van der Waals surface area contributed by atoms with Crippen LogP contribution in [0.5, 0.6) is 0 Å². The van der Waals surface area contributed by atoms with Crippen molar-refractivity contribution in [3.8, 4) is 6.07 Å². The maximum Gasteiger partial charge on any atom is 0.272 e. The number of amides is 1. The van der Waals surface area contributed by atoms with Crippen LogP contribution in [0.2, 0.25) is 0 Å². The summed E-state index contributed by atoms with van der Waals surface area (Å²) in [5.74, 6) is -1.52. The maximum absolute atomic E-state index is 13.6. The van der Waals surface area contributed by atoms with Crippen LogP contribution in [0.3, 0.4) is 0 Å². The van der Waals surface area contributed by atoms with Gasteiger partial charge in [-0.1, -0.05) is 0 Å². The molecule has 3 heterocycles. The first-order chi connectivity index (χ1) is 14.2. The molecule has 1 atom stereocenters. The highest BCUT2D eigenvalue weighted by molar-refractivity contribution is 7.89. The molecular formula is C19H22FN5O4S. The van der Waals surface area contributed by atoms with Crippen LogP contribution in [0, 0.1) is 24.2 Å². The van der Waals surface area contributed by atoms with E-state index in [0.717, 1.165) is 18.9 Å². The molecule has 0 saturated heterocycles. The molecule has 2 aromatic heterocycles. The van der Waals surface area contributed by atoms with Gasteiger partial charge in [0.25, 0.3) is 5.91 Å². The van der Waals surface area contributed by atoms with Crippen molar-refractivity contribution in [1.82, 2.24) is 14.3 Å². The van der Waals surface area contributed by atoms with Crippen LogP contribution in [0.15, 0.2) is 17.0 Å². The number of nitrogens with one attached hydrogen (secondary N) is 2. The molecule has 3 N–H and O–H groups in total. The average molecular weight is 435 g/mol.